The standard InChI is InChI=1S/C11H14O2/c1-3-9(7-12)10-6-8(2)4-5-11(10)13/h3-6,9,12-13H,1,7H2,2H3. The van der Waals surface area contributed by atoms with Crippen LogP contribution in [-0.4, -0.2) is 16.8 Å². The van der Waals surface area contributed by atoms with Crippen LogP contribution in [0.5, 0.6) is 5.75 Å². The SMILES string of the molecule is C=CC(CO)c1cc(C)ccc1O. The van der Waals surface area contributed by atoms with E-state index in [9.17, 15) is 5.11 Å². The average Bonchev–Trinajstić information content (AvgIpc) is 2.13. The van der Waals surface area contributed by atoms with Gasteiger partial charge in [-0.15, -0.1) is 6.58 Å². The summed E-state index contributed by atoms with van der Waals surface area (Å²) in [6, 6.07) is 5.32. The highest BCUT2D eigenvalue weighted by molar-refractivity contribution is 5.40. The Labute approximate surface area is 78.2 Å². The molecule has 1 atom stereocenters. The smallest absolute Gasteiger partial charge is 0.119 e. The van der Waals surface area contributed by atoms with E-state index in [0.29, 0.717) is 0 Å². The lowest BCUT2D eigenvalue weighted by Gasteiger charge is -2.11. The number of benzene rings is 1. The second kappa shape index (κ2) is 4.10. The van der Waals surface area contributed by atoms with E-state index in [1.807, 2.05) is 19.1 Å². The first-order valence-corrected chi connectivity index (χ1v) is 4.22. The van der Waals surface area contributed by atoms with Crippen LogP contribution in [0, 0.1) is 6.92 Å². The Bertz CT molecular complexity index is 305. The topological polar surface area (TPSA) is 40.5 Å². The molecule has 0 heterocycles. The number of hydrogen-bond acceptors (Lipinski definition) is 2. The van der Waals surface area contributed by atoms with Crippen LogP contribution < -0.4 is 0 Å². The summed E-state index contributed by atoms with van der Waals surface area (Å²) in [7, 11) is 0. The molecule has 13 heavy (non-hydrogen) atoms. The second-order valence-corrected chi connectivity index (χ2v) is 3.09. The molecular formula is C11H14O2. The number of aromatic hydroxyl groups is 1. The minimum atomic E-state index is -0.181. The zero-order chi connectivity index (χ0) is 9.84. The Kier molecular flexibility index (Phi) is 3.09. The summed E-state index contributed by atoms with van der Waals surface area (Å²) in [6.07, 6.45) is 1.63. The Morgan fingerprint density at radius 2 is 2.23 bits per heavy atom. The predicted molar refractivity (Wildman–Crippen MR) is 52.9 cm³/mol. The largest absolute Gasteiger partial charge is 0.508 e. The van der Waals surface area contributed by atoms with E-state index < -0.39 is 0 Å². The number of hydrogen-bond donors (Lipinski definition) is 2. The van der Waals surface area contributed by atoms with Gasteiger partial charge in [0.05, 0.1) is 6.61 Å². The van der Waals surface area contributed by atoms with Gasteiger partial charge in [0.15, 0.2) is 0 Å². The quantitative estimate of drug-likeness (QED) is 0.695. The van der Waals surface area contributed by atoms with E-state index in [4.69, 9.17) is 5.11 Å². The van der Waals surface area contributed by atoms with Gasteiger partial charge in [-0.1, -0.05) is 23.8 Å². The van der Waals surface area contributed by atoms with Gasteiger partial charge in [0, 0.05) is 11.5 Å². The molecule has 2 heteroatoms. The molecule has 0 aliphatic heterocycles. The van der Waals surface area contributed by atoms with Crippen molar-refractivity contribution < 1.29 is 10.2 Å². The first-order valence-electron chi connectivity index (χ1n) is 4.22. The van der Waals surface area contributed by atoms with E-state index in [-0.39, 0.29) is 18.3 Å². The lowest BCUT2D eigenvalue weighted by atomic mass is 9.97. The van der Waals surface area contributed by atoms with E-state index in [1.54, 1.807) is 12.1 Å². The number of aryl methyl sites for hydroxylation is 1. The van der Waals surface area contributed by atoms with E-state index in [0.717, 1.165) is 11.1 Å². The third kappa shape index (κ3) is 2.10. The lowest BCUT2D eigenvalue weighted by Crippen LogP contribution is -2.00. The number of phenolic OH excluding ortho intramolecular Hbond substituents is 1. The molecule has 2 nitrogen and oxygen atoms in total. The number of aliphatic hydroxyl groups excluding tert-OH is 1. The Balaban J connectivity index is 3.10. The molecule has 0 amide bonds. The molecule has 0 saturated heterocycles. The molecule has 0 aliphatic rings. The molecule has 0 spiro atoms. The van der Waals surface area contributed by atoms with Gasteiger partial charge in [-0.05, 0) is 13.0 Å². The second-order valence-electron chi connectivity index (χ2n) is 3.09. The average molecular weight is 178 g/mol. The monoisotopic (exact) mass is 178 g/mol. The van der Waals surface area contributed by atoms with Crippen LogP contribution in [0.15, 0.2) is 30.9 Å². The number of rotatable bonds is 3. The van der Waals surface area contributed by atoms with Crippen molar-refractivity contribution in [3.05, 3.63) is 42.0 Å². The van der Waals surface area contributed by atoms with Crippen LogP contribution in [0.25, 0.3) is 0 Å². The zero-order valence-corrected chi connectivity index (χ0v) is 7.70. The van der Waals surface area contributed by atoms with Crippen molar-refractivity contribution in [2.75, 3.05) is 6.61 Å². The summed E-state index contributed by atoms with van der Waals surface area (Å²) >= 11 is 0. The van der Waals surface area contributed by atoms with Crippen LogP contribution in [-0.2, 0) is 0 Å². The molecule has 0 aromatic heterocycles. The summed E-state index contributed by atoms with van der Waals surface area (Å²) in [6.45, 7) is 5.53. The highest BCUT2D eigenvalue weighted by Gasteiger charge is 2.10. The molecule has 0 saturated carbocycles. The van der Waals surface area contributed by atoms with Crippen LogP contribution >= 0.6 is 0 Å². The van der Waals surface area contributed by atoms with E-state index in [2.05, 4.69) is 6.58 Å². The van der Waals surface area contributed by atoms with Crippen molar-refractivity contribution in [1.82, 2.24) is 0 Å². The Morgan fingerprint density at radius 1 is 1.54 bits per heavy atom. The minimum absolute atomic E-state index is 0.0273. The molecule has 1 aromatic rings. The van der Waals surface area contributed by atoms with Gasteiger partial charge >= 0.3 is 0 Å². The van der Waals surface area contributed by atoms with Gasteiger partial charge in [-0.25, -0.2) is 0 Å². The third-order valence-electron chi connectivity index (χ3n) is 2.06. The maximum absolute atomic E-state index is 9.51. The molecule has 0 aliphatic carbocycles. The van der Waals surface area contributed by atoms with Crippen molar-refractivity contribution in [1.29, 1.82) is 0 Å². The molecule has 0 fully saturated rings. The predicted octanol–water partition coefficient (Wildman–Crippen LogP) is 1.96. The van der Waals surface area contributed by atoms with Gasteiger partial charge in [-0.2, -0.15) is 0 Å². The fourth-order valence-corrected chi connectivity index (χ4v) is 1.27. The van der Waals surface area contributed by atoms with Gasteiger partial charge < -0.3 is 10.2 Å². The molecular weight excluding hydrogens is 164 g/mol. The first kappa shape index (κ1) is 9.81. The molecule has 2 N–H and O–H groups in total. The first-order chi connectivity index (χ1) is 6.19. The van der Waals surface area contributed by atoms with Crippen LogP contribution in [0.4, 0.5) is 0 Å². The zero-order valence-electron chi connectivity index (χ0n) is 7.70. The third-order valence-corrected chi connectivity index (χ3v) is 2.06. The summed E-state index contributed by atoms with van der Waals surface area (Å²) in [5.74, 6) is 0.0319. The molecule has 1 rings (SSSR count). The maximum Gasteiger partial charge on any atom is 0.119 e. The summed E-state index contributed by atoms with van der Waals surface area (Å²) in [4.78, 5) is 0. The Morgan fingerprint density at radius 3 is 2.77 bits per heavy atom. The summed E-state index contributed by atoms with van der Waals surface area (Å²) in [5, 5.41) is 18.5. The fraction of sp³-hybridized carbons (Fsp3) is 0.273. The normalized spacial score (nSPS) is 12.5. The van der Waals surface area contributed by atoms with Crippen molar-refractivity contribution in [2.24, 2.45) is 0 Å². The van der Waals surface area contributed by atoms with Crippen LogP contribution in [0.3, 0.4) is 0 Å². The molecule has 1 unspecified atom stereocenters. The number of aliphatic hydroxyl groups is 1. The highest BCUT2D eigenvalue weighted by atomic mass is 16.3. The van der Waals surface area contributed by atoms with Crippen molar-refractivity contribution in [3.8, 4) is 5.75 Å². The molecule has 70 valence electrons. The van der Waals surface area contributed by atoms with Gasteiger partial charge in [0.2, 0.25) is 0 Å². The van der Waals surface area contributed by atoms with Gasteiger partial charge in [0.25, 0.3) is 0 Å². The molecule has 1 aromatic carbocycles. The molecule has 0 bridgehead atoms. The number of phenols is 1. The maximum atomic E-state index is 9.51. The van der Waals surface area contributed by atoms with Crippen molar-refractivity contribution in [3.63, 3.8) is 0 Å². The van der Waals surface area contributed by atoms with Crippen molar-refractivity contribution in [2.45, 2.75) is 12.8 Å². The fourth-order valence-electron chi connectivity index (χ4n) is 1.27. The molecule has 0 radical (unpaired) electrons. The van der Waals surface area contributed by atoms with Gasteiger partial charge in [0.1, 0.15) is 5.75 Å². The van der Waals surface area contributed by atoms with E-state index >= 15 is 0 Å². The summed E-state index contributed by atoms with van der Waals surface area (Å²) in [5.41, 5.74) is 1.80. The lowest BCUT2D eigenvalue weighted by molar-refractivity contribution is 0.281. The summed E-state index contributed by atoms with van der Waals surface area (Å²) < 4.78 is 0. The van der Waals surface area contributed by atoms with Crippen molar-refractivity contribution >= 4 is 0 Å². The van der Waals surface area contributed by atoms with E-state index in [1.165, 1.54) is 0 Å². The minimum Gasteiger partial charge on any atom is -0.508 e. The van der Waals surface area contributed by atoms with Gasteiger partial charge in [-0.3, -0.25) is 0 Å². The van der Waals surface area contributed by atoms with Crippen LogP contribution in [0.1, 0.15) is 17.0 Å². The van der Waals surface area contributed by atoms with Crippen LogP contribution in [0.2, 0.25) is 0 Å². The Hall–Kier alpha value is -1.28. The highest BCUT2D eigenvalue weighted by Crippen LogP contribution is 2.26.